The van der Waals surface area contributed by atoms with Gasteiger partial charge in [-0.3, -0.25) is 4.99 Å². The Kier molecular flexibility index (Phi) is 12.5. The van der Waals surface area contributed by atoms with Crippen molar-refractivity contribution in [3.8, 4) is 0 Å². The van der Waals surface area contributed by atoms with E-state index in [4.69, 9.17) is 0 Å². The van der Waals surface area contributed by atoms with E-state index < -0.39 is 19.9 Å². The van der Waals surface area contributed by atoms with Gasteiger partial charge in [0.05, 0.1) is 11.5 Å². The average Bonchev–Trinajstić information content (AvgIpc) is 2.39. The molecule has 0 aromatic carbocycles. The largest absolute Gasteiger partial charge is 0.355 e. The number of hydrogen-bond acceptors (Lipinski definition) is 5. The number of rotatable bonds is 9. The lowest BCUT2D eigenvalue weighted by Crippen LogP contribution is -2.45. The highest BCUT2D eigenvalue weighted by molar-refractivity contribution is 14.0. The van der Waals surface area contributed by atoms with E-state index in [-0.39, 0.29) is 48.1 Å². The van der Waals surface area contributed by atoms with Gasteiger partial charge in [-0.2, -0.15) is 0 Å². The van der Waals surface area contributed by atoms with Gasteiger partial charge in [-0.25, -0.2) is 21.6 Å². The fraction of sp³-hybridized carbons (Fsp3) is 0.909. The molecule has 0 aromatic rings. The van der Waals surface area contributed by atoms with E-state index >= 15 is 0 Å². The molecule has 0 aliphatic heterocycles. The lowest BCUT2D eigenvalue weighted by molar-refractivity contribution is 0.578. The van der Waals surface area contributed by atoms with Gasteiger partial charge in [-0.05, 0) is 20.3 Å². The van der Waals surface area contributed by atoms with Gasteiger partial charge >= 0.3 is 0 Å². The second kappa shape index (κ2) is 11.4. The van der Waals surface area contributed by atoms with Crippen molar-refractivity contribution in [2.24, 2.45) is 4.99 Å². The second-order valence-corrected chi connectivity index (χ2v) is 9.12. The van der Waals surface area contributed by atoms with Crippen molar-refractivity contribution in [1.82, 2.24) is 15.4 Å². The Balaban J connectivity index is 0. The molecule has 0 radical (unpaired) electrons. The highest BCUT2D eigenvalue weighted by atomic mass is 127. The third-order valence-electron chi connectivity index (χ3n) is 2.65. The molecule has 0 amide bonds. The van der Waals surface area contributed by atoms with E-state index in [0.29, 0.717) is 18.9 Å². The maximum absolute atomic E-state index is 11.2. The van der Waals surface area contributed by atoms with E-state index in [1.165, 1.54) is 6.26 Å². The molecule has 0 heterocycles. The zero-order valence-corrected chi connectivity index (χ0v) is 17.4. The van der Waals surface area contributed by atoms with Crippen LogP contribution in [-0.2, 0) is 19.9 Å². The summed E-state index contributed by atoms with van der Waals surface area (Å²) in [6.45, 7) is 4.07. The van der Waals surface area contributed by atoms with E-state index in [2.05, 4.69) is 20.3 Å². The van der Waals surface area contributed by atoms with Gasteiger partial charge in [-0.1, -0.05) is 0 Å². The molecule has 1 atom stereocenters. The summed E-state index contributed by atoms with van der Waals surface area (Å²) >= 11 is 0. The number of nitrogens with one attached hydrogen (secondary N) is 3. The molecule has 0 saturated carbocycles. The first-order chi connectivity index (χ1) is 9.59. The van der Waals surface area contributed by atoms with Crippen molar-refractivity contribution in [1.29, 1.82) is 0 Å². The first-order valence-electron chi connectivity index (χ1n) is 6.72. The molecule has 0 aliphatic carbocycles. The summed E-state index contributed by atoms with van der Waals surface area (Å²) in [7, 11) is -4.58. The maximum atomic E-state index is 11.2. The maximum Gasteiger partial charge on any atom is 0.211 e. The normalized spacial score (nSPS) is 14.1. The first-order valence-corrected chi connectivity index (χ1v) is 10.4. The van der Waals surface area contributed by atoms with E-state index in [1.807, 2.05) is 6.92 Å². The quantitative estimate of drug-likeness (QED) is 0.182. The van der Waals surface area contributed by atoms with Crippen molar-refractivity contribution < 1.29 is 16.8 Å². The lowest BCUT2D eigenvalue weighted by Gasteiger charge is -2.17. The molecule has 0 aromatic heterocycles. The molecule has 0 aliphatic rings. The van der Waals surface area contributed by atoms with Crippen LogP contribution in [0, 0.1) is 0 Å². The number of nitrogens with zero attached hydrogens (tertiary/aromatic N) is 1. The number of halogens is 1. The van der Waals surface area contributed by atoms with Crippen LogP contribution in [0.4, 0.5) is 0 Å². The average molecular weight is 470 g/mol. The van der Waals surface area contributed by atoms with Gasteiger partial charge in [0, 0.05) is 32.4 Å². The molecule has 11 heteroatoms. The van der Waals surface area contributed by atoms with Crippen molar-refractivity contribution >= 4 is 49.8 Å². The first kappa shape index (κ1) is 24.1. The zero-order chi connectivity index (χ0) is 16.5. The third-order valence-corrected chi connectivity index (χ3v) is 5.03. The summed E-state index contributed by atoms with van der Waals surface area (Å²) in [5.74, 6) is 0.656. The fourth-order valence-corrected chi connectivity index (χ4v) is 2.78. The Hall–Kier alpha value is -0.140. The SMILES string of the molecule is CCS(=O)(=O)NCCNC(=NC)NC(C)CCS(C)(=O)=O.I. The van der Waals surface area contributed by atoms with E-state index in [1.54, 1.807) is 14.0 Å². The highest BCUT2D eigenvalue weighted by Gasteiger charge is 2.09. The summed E-state index contributed by atoms with van der Waals surface area (Å²) in [6.07, 6.45) is 1.68. The Labute approximate surface area is 150 Å². The minimum atomic E-state index is -3.19. The topological polar surface area (TPSA) is 117 Å². The van der Waals surface area contributed by atoms with E-state index in [9.17, 15) is 16.8 Å². The fourth-order valence-electron chi connectivity index (χ4n) is 1.38. The van der Waals surface area contributed by atoms with Crippen LogP contribution in [0.25, 0.3) is 0 Å². The number of sulfonamides is 1. The van der Waals surface area contributed by atoms with Crippen LogP contribution in [0.5, 0.6) is 0 Å². The molecule has 0 saturated heterocycles. The molecule has 134 valence electrons. The molecule has 0 bridgehead atoms. The molecule has 3 N–H and O–H groups in total. The Morgan fingerprint density at radius 3 is 2.23 bits per heavy atom. The Morgan fingerprint density at radius 2 is 1.77 bits per heavy atom. The molecule has 1 unspecified atom stereocenters. The third kappa shape index (κ3) is 13.5. The summed E-state index contributed by atoms with van der Waals surface area (Å²) in [4.78, 5) is 3.99. The number of aliphatic imine (C=N–C) groups is 1. The van der Waals surface area contributed by atoms with Crippen molar-refractivity contribution in [2.75, 3.05) is 37.9 Å². The van der Waals surface area contributed by atoms with Crippen LogP contribution < -0.4 is 15.4 Å². The van der Waals surface area contributed by atoms with Crippen LogP contribution in [0.15, 0.2) is 4.99 Å². The van der Waals surface area contributed by atoms with Gasteiger partial charge in [0.1, 0.15) is 9.84 Å². The number of sulfone groups is 1. The summed E-state index contributed by atoms with van der Waals surface area (Å²) in [5.41, 5.74) is 0. The number of guanidine groups is 1. The molecular weight excluding hydrogens is 443 g/mol. The van der Waals surface area contributed by atoms with Gasteiger partial charge in [0.2, 0.25) is 10.0 Å². The number of hydrogen-bond donors (Lipinski definition) is 3. The van der Waals surface area contributed by atoms with Gasteiger partial charge in [0.25, 0.3) is 0 Å². The predicted molar refractivity (Wildman–Crippen MR) is 101 cm³/mol. The van der Waals surface area contributed by atoms with Crippen LogP contribution in [0.1, 0.15) is 20.3 Å². The molecular formula is C11H27IN4O4S2. The molecule has 0 spiro atoms. The minimum Gasteiger partial charge on any atom is -0.355 e. The standard InChI is InChI=1S/C11H26N4O4S2.HI/c1-5-21(18,19)14-8-7-13-11(12-3)15-10(2)6-9-20(4,16)17;/h10,14H,5-9H2,1-4H3,(H2,12,13,15);1H. The van der Waals surface area contributed by atoms with Gasteiger partial charge in [0.15, 0.2) is 5.96 Å². The zero-order valence-electron chi connectivity index (χ0n) is 13.4. The lowest BCUT2D eigenvalue weighted by atomic mass is 10.3. The van der Waals surface area contributed by atoms with Gasteiger partial charge in [-0.15, -0.1) is 24.0 Å². The summed E-state index contributed by atoms with van der Waals surface area (Å²) < 4.78 is 47.1. The minimum absolute atomic E-state index is 0. The smallest absolute Gasteiger partial charge is 0.211 e. The monoisotopic (exact) mass is 470 g/mol. The van der Waals surface area contributed by atoms with Crippen molar-refractivity contribution in [3.63, 3.8) is 0 Å². The molecule has 22 heavy (non-hydrogen) atoms. The van der Waals surface area contributed by atoms with Crippen molar-refractivity contribution in [3.05, 3.63) is 0 Å². The predicted octanol–water partition coefficient (Wildman–Crippen LogP) is -0.468. The van der Waals surface area contributed by atoms with Crippen LogP contribution >= 0.6 is 24.0 Å². The molecule has 0 fully saturated rings. The van der Waals surface area contributed by atoms with Crippen LogP contribution in [0.3, 0.4) is 0 Å². The summed E-state index contributed by atoms with van der Waals surface area (Å²) in [5, 5.41) is 6.00. The van der Waals surface area contributed by atoms with Crippen LogP contribution in [-0.4, -0.2) is 66.7 Å². The van der Waals surface area contributed by atoms with Gasteiger partial charge < -0.3 is 10.6 Å². The summed E-state index contributed by atoms with van der Waals surface area (Å²) in [6, 6.07) is -0.0572. The Morgan fingerprint density at radius 1 is 1.18 bits per heavy atom. The Bertz CT molecular complexity index is 534. The highest BCUT2D eigenvalue weighted by Crippen LogP contribution is 1.95. The van der Waals surface area contributed by atoms with Crippen LogP contribution in [0.2, 0.25) is 0 Å². The molecule has 8 nitrogen and oxygen atoms in total. The molecule has 0 rings (SSSR count). The van der Waals surface area contributed by atoms with Crippen molar-refractivity contribution in [2.45, 2.75) is 26.3 Å². The van der Waals surface area contributed by atoms with E-state index in [0.717, 1.165) is 0 Å². The second-order valence-electron chi connectivity index (χ2n) is 4.76.